The van der Waals surface area contributed by atoms with Crippen molar-refractivity contribution >= 4 is 11.6 Å². The topological polar surface area (TPSA) is 54.0 Å². The normalized spacial score (nSPS) is 10.2. The van der Waals surface area contributed by atoms with E-state index in [1.807, 2.05) is 43.3 Å². The summed E-state index contributed by atoms with van der Waals surface area (Å²) in [6.45, 7) is 2.96. The van der Waals surface area contributed by atoms with E-state index in [0.717, 1.165) is 11.3 Å². The van der Waals surface area contributed by atoms with Gasteiger partial charge in [0.2, 0.25) is 5.91 Å². The van der Waals surface area contributed by atoms with Crippen molar-refractivity contribution in [2.24, 2.45) is 0 Å². The number of carbonyl (C=O) groups is 1. The van der Waals surface area contributed by atoms with Crippen LogP contribution < -0.4 is 10.6 Å². The maximum Gasteiger partial charge on any atom is 0.238 e. The lowest BCUT2D eigenvalue weighted by molar-refractivity contribution is -0.115. The monoisotopic (exact) mass is 255 g/mol. The number of benzene rings is 1. The molecule has 0 radical (unpaired) electrons. The highest BCUT2D eigenvalue weighted by Gasteiger charge is 2.01. The fourth-order valence-corrected chi connectivity index (χ4v) is 1.66. The lowest BCUT2D eigenvalue weighted by atomic mass is 10.2. The Morgan fingerprint density at radius 2 is 1.79 bits per heavy atom. The molecule has 0 aliphatic carbocycles. The van der Waals surface area contributed by atoms with E-state index in [-0.39, 0.29) is 12.5 Å². The second kappa shape index (κ2) is 6.66. The summed E-state index contributed by atoms with van der Waals surface area (Å²) in [5.74, 6) is -0.0436. The Morgan fingerprint density at radius 1 is 1.11 bits per heavy atom. The molecule has 19 heavy (non-hydrogen) atoms. The van der Waals surface area contributed by atoms with Crippen LogP contribution in [-0.4, -0.2) is 17.4 Å². The van der Waals surface area contributed by atoms with Gasteiger partial charge in [-0.15, -0.1) is 0 Å². The van der Waals surface area contributed by atoms with Crippen LogP contribution in [0.4, 0.5) is 5.69 Å². The van der Waals surface area contributed by atoms with E-state index in [1.165, 1.54) is 5.56 Å². The third-order valence-corrected chi connectivity index (χ3v) is 2.70. The average molecular weight is 255 g/mol. The predicted molar refractivity (Wildman–Crippen MR) is 75.8 cm³/mol. The van der Waals surface area contributed by atoms with Crippen molar-refractivity contribution in [1.29, 1.82) is 0 Å². The molecule has 0 aliphatic rings. The molecule has 2 aromatic rings. The van der Waals surface area contributed by atoms with Gasteiger partial charge in [0.1, 0.15) is 0 Å². The molecule has 1 heterocycles. The van der Waals surface area contributed by atoms with Crippen LogP contribution >= 0.6 is 0 Å². The number of carbonyl (C=O) groups excluding carboxylic acids is 1. The highest BCUT2D eigenvalue weighted by molar-refractivity contribution is 5.92. The lowest BCUT2D eigenvalue weighted by Crippen LogP contribution is -2.27. The maximum absolute atomic E-state index is 11.7. The molecule has 1 aromatic carbocycles. The van der Waals surface area contributed by atoms with E-state index in [1.54, 1.807) is 12.4 Å². The molecule has 2 N–H and O–H groups in total. The van der Waals surface area contributed by atoms with Gasteiger partial charge in [-0.3, -0.25) is 9.78 Å². The minimum atomic E-state index is -0.0436. The SMILES string of the molecule is Cc1ccc(NC(=O)CNCc2ccncc2)cc1. The first kappa shape index (κ1) is 13.2. The Hall–Kier alpha value is -2.20. The molecule has 0 bridgehead atoms. The Morgan fingerprint density at radius 3 is 2.47 bits per heavy atom. The van der Waals surface area contributed by atoms with E-state index in [9.17, 15) is 4.79 Å². The van der Waals surface area contributed by atoms with Crippen molar-refractivity contribution in [3.05, 3.63) is 59.9 Å². The van der Waals surface area contributed by atoms with Crippen molar-refractivity contribution in [1.82, 2.24) is 10.3 Å². The van der Waals surface area contributed by atoms with E-state index >= 15 is 0 Å². The average Bonchev–Trinajstić information content (AvgIpc) is 2.43. The summed E-state index contributed by atoms with van der Waals surface area (Å²) < 4.78 is 0. The van der Waals surface area contributed by atoms with Crippen molar-refractivity contribution in [2.75, 3.05) is 11.9 Å². The number of hydrogen-bond donors (Lipinski definition) is 2. The zero-order chi connectivity index (χ0) is 13.5. The molecule has 0 aliphatic heterocycles. The van der Waals surface area contributed by atoms with Crippen molar-refractivity contribution < 1.29 is 4.79 Å². The van der Waals surface area contributed by atoms with E-state index in [4.69, 9.17) is 0 Å². The minimum Gasteiger partial charge on any atom is -0.325 e. The number of pyridine rings is 1. The van der Waals surface area contributed by atoms with E-state index in [2.05, 4.69) is 15.6 Å². The standard InChI is InChI=1S/C15H17N3O/c1-12-2-4-14(5-3-12)18-15(19)11-17-10-13-6-8-16-9-7-13/h2-9,17H,10-11H2,1H3,(H,18,19). The van der Waals surface area contributed by atoms with Crippen molar-refractivity contribution in [2.45, 2.75) is 13.5 Å². The minimum absolute atomic E-state index is 0.0436. The van der Waals surface area contributed by atoms with Crippen LogP contribution in [0, 0.1) is 6.92 Å². The largest absolute Gasteiger partial charge is 0.325 e. The summed E-state index contributed by atoms with van der Waals surface area (Å²) in [5.41, 5.74) is 3.10. The van der Waals surface area contributed by atoms with Gasteiger partial charge in [0.15, 0.2) is 0 Å². The number of amides is 1. The van der Waals surface area contributed by atoms with Gasteiger partial charge in [-0.2, -0.15) is 0 Å². The molecule has 0 saturated carbocycles. The molecule has 4 nitrogen and oxygen atoms in total. The first-order valence-corrected chi connectivity index (χ1v) is 6.20. The second-order valence-electron chi connectivity index (χ2n) is 4.37. The number of aryl methyl sites for hydroxylation is 1. The molecule has 0 saturated heterocycles. The molecule has 98 valence electrons. The van der Waals surface area contributed by atoms with Gasteiger partial charge in [-0.25, -0.2) is 0 Å². The third kappa shape index (κ3) is 4.52. The number of aromatic nitrogens is 1. The van der Waals surface area contributed by atoms with Crippen molar-refractivity contribution in [3.63, 3.8) is 0 Å². The fraction of sp³-hybridized carbons (Fsp3) is 0.200. The predicted octanol–water partition coefficient (Wildman–Crippen LogP) is 2.12. The zero-order valence-corrected chi connectivity index (χ0v) is 10.9. The molecule has 1 aromatic heterocycles. The Kier molecular flexibility index (Phi) is 4.64. The fourth-order valence-electron chi connectivity index (χ4n) is 1.66. The molecule has 1 amide bonds. The van der Waals surface area contributed by atoms with Gasteiger partial charge in [0, 0.05) is 24.6 Å². The summed E-state index contributed by atoms with van der Waals surface area (Å²) in [5, 5.41) is 5.93. The van der Waals surface area contributed by atoms with Gasteiger partial charge in [0.25, 0.3) is 0 Å². The van der Waals surface area contributed by atoms with Gasteiger partial charge in [-0.1, -0.05) is 17.7 Å². The van der Waals surface area contributed by atoms with Crippen LogP contribution in [0.2, 0.25) is 0 Å². The van der Waals surface area contributed by atoms with Crippen LogP contribution in [0.25, 0.3) is 0 Å². The third-order valence-electron chi connectivity index (χ3n) is 2.70. The second-order valence-corrected chi connectivity index (χ2v) is 4.37. The van der Waals surface area contributed by atoms with Gasteiger partial charge in [0.05, 0.1) is 6.54 Å². The highest BCUT2D eigenvalue weighted by Crippen LogP contribution is 2.07. The van der Waals surface area contributed by atoms with Crippen LogP contribution in [0.15, 0.2) is 48.8 Å². The van der Waals surface area contributed by atoms with Crippen LogP contribution in [0.3, 0.4) is 0 Å². The van der Waals surface area contributed by atoms with Gasteiger partial charge < -0.3 is 10.6 Å². The van der Waals surface area contributed by atoms with Crippen LogP contribution in [0.1, 0.15) is 11.1 Å². The van der Waals surface area contributed by atoms with Gasteiger partial charge in [-0.05, 0) is 36.8 Å². The lowest BCUT2D eigenvalue weighted by Gasteiger charge is -2.07. The number of nitrogens with zero attached hydrogens (tertiary/aromatic N) is 1. The summed E-state index contributed by atoms with van der Waals surface area (Å²) in [6.07, 6.45) is 3.48. The summed E-state index contributed by atoms with van der Waals surface area (Å²) in [4.78, 5) is 15.6. The molecule has 2 rings (SSSR count). The Balaban J connectivity index is 1.74. The molecular weight excluding hydrogens is 238 g/mol. The Bertz CT molecular complexity index is 523. The summed E-state index contributed by atoms with van der Waals surface area (Å²) in [7, 11) is 0. The summed E-state index contributed by atoms with van der Waals surface area (Å²) in [6, 6.07) is 11.6. The molecule has 0 spiro atoms. The quantitative estimate of drug-likeness (QED) is 0.860. The maximum atomic E-state index is 11.7. The number of nitrogens with one attached hydrogen (secondary N) is 2. The molecular formula is C15H17N3O. The zero-order valence-electron chi connectivity index (χ0n) is 10.9. The van der Waals surface area contributed by atoms with E-state index < -0.39 is 0 Å². The number of rotatable bonds is 5. The first-order valence-electron chi connectivity index (χ1n) is 6.20. The molecule has 0 atom stereocenters. The smallest absolute Gasteiger partial charge is 0.238 e. The molecule has 0 unspecified atom stereocenters. The first-order chi connectivity index (χ1) is 9.24. The van der Waals surface area contributed by atoms with Crippen LogP contribution in [-0.2, 0) is 11.3 Å². The number of anilines is 1. The van der Waals surface area contributed by atoms with E-state index in [0.29, 0.717) is 6.54 Å². The Labute approximate surface area is 112 Å². The van der Waals surface area contributed by atoms with Crippen LogP contribution in [0.5, 0.6) is 0 Å². The number of hydrogen-bond acceptors (Lipinski definition) is 3. The van der Waals surface area contributed by atoms with Gasteiger partial charge >= 0.3 is 0 Å². The molecule has 0 fully saturated rings. The van der Waals surface area contributed by atoms with Crippen molar-refractivity contribution in [3.8, 4) is 0 Å². The molecule has 4 heteroatoms. The highest BCUT2D eigenvalue weighted by atomic mass is 16.1. The summed E-state index contributed by atoms with van der Waals surface area (Å²) >= 11 is 0.